The molecule has 0 aliphatic carbocycles. The van der Waals surface area contributed by atoms with Crippen LogP contribution in [0.15, 0.2) is 66.7 Å². The van der Waals surface area contributed by atoms with Crippen molar-refractivity contribution in [2.24, 2.45) is 0 Å². The third-order valence-corrected chi connectivity index (χ3v) is 6.71. The number of carbonyl (C=O) groups is 3. The lowest BCUT2D eigenvalue weighted by Gasteiger charge is -2.27. The molecule has 2 atom stereocenters. The van der Waals surface area contributed by atoms with Gasteiger partial charge in [-0.15, -0.1) is 0 Å². The molecule has 3 aromatic carbocycles. The molecular weight excluding hydrogens is 517 g/mol. The van der Waals surface area contributed by atoms with Gasteiger partial charge in [0, 0.05) is 12.2 Å². The number of amides is 3. The van der Waals surface area contributed by atoms with E-state index in [1.54, 1.807) is 24.3 Å². The highest BCUT2D eigenvalue weighted by Crippen LogP contribution is 2.29. The molecule has 40 heavy (non-hydrogen) atoms. The normalized spacial score (nSPS) is 15.2. The van der Waals surface area contributed by atoms with Crippen LogP contribution < -0.4 is 20.1 Å². The number of urea groups is 1. The Kier molecular flexibility index (Phi) is 9.21. The summed E-state index contributed by atoms with van der Waals surface area (Å²) in [4.78, 5) is 38.8. The van der Waals surface area contributed by atoms with Gasteiger partial charge in [0.25, 0.3) is 6.36 Å². The summed E-state index contributed by atoms with van der Waals surface area (Å²) in [6.45, 7) is 2.32. The Bertz CT molecular complexity index is 1360. The standard InChI is InChI=1S/C30H32FN3O6/c1-19-7-4-5-8-23(19)32-30(37)33-24-15-10-20(17-26(24)38-2)18-27(35)34-16-6-9-25(34)28(31)40-22-13-11-21(12-14-22)29(36)39-3/h4-5,7-8,10-15,17,25,28H,6,9,16,18H2,1-3H3,(H2,32,33,37)/t25-,28?/m0/s1. The molecule has 3 amide bonds. The van der Waals surface area contributed by atoms with Gasteiger partial charge in [-0.3, -0.25) is 4.79 Å². The molecule has 1 saturated heterocycles. The fourth-order valence-electron chi connectivity index (χ4n) is 4.58. The summed E-state index contributed by atoms with van der Waals surface area (Å²) in [7, 11) is 2.76. The van der Waals surface area contributed by atoms with Crippen LogP contribution >= 0.6 is 0 Å². The number of hydrogen-bond acceptors (Lipinski definition) is 6. The van der Waals surface area contributed by atoms with E-state index in [0.29, 0.717) is 47.6 Å². The maximum Gasteiger partial charge on any atom is 0.337 e. The molecule has 1 aliphatic heterocycles. The first-order valence-corrected chi connectivity index (χ1v) is 12.9. The van der Waals surface area contributed by atoms with Gasteiger partial charge < -0.3 is 29.7 Å². The molecule has 0 saturated carbocycles. The van der Waals surface area contributed by atoms with Crippen molar-refractivity contribution in [2.75, 3.05) is 31.4 Å². The molecule has 0 spiro atoms. The van der Waals surface area contributed by atoms with Crippen LogP contribution in [0.4, 0.5) is 20.6 Å². The first kappa shape index (κ1) is 28.4. The summed E-state index contributed by atoms with van der Waals surface area (Å²) in [6.07, 6.45) is -0.578. The number of esters is 1. The van der Waals surface area contributed by atoms with Crippen molar-refractivity contribution in [3.63, 3.8) is 0 Å². The van der Waals surface area contributed by atoms with Gasteiger partial charge in [-0.1, -0.05) is 24.3 Å². The van der Waals surface area contributed by atoms with Crippen molar-refractivity contribution in [3.8, 4) is 11.5 Å². The highest BCUT2D eigenvalue weighted by molar-refractivity contribution is 6.01. The first-order valence-electron chi connectivity index (χ1n) is 12.9. The monoisotopic (exact) mass is 549 g/mol. The number of rotatable bonds is 9. The molecule has 4 rings (SSSR count). The van der Waals surface area contributed by atoms with Gasteiger partial charge in [-0.25, -0.2) is 9.59 Å². The van der Waals surface area contributed by atoms with Crippen LogP contribution in [-0.4, -0.2) is 56.0 Å². The van der Waals surface area contributed by atoms with Crippen LogP contribution in [0.5, 0.6) is 11.5 Å². The first-order chi connectivity index (χ1) is 19.3. The van der Waals surface area contributed by atoms with Crippen LogP contribution in [-0.2, 0) is 16.0 Å². The zero-order valence-corrected chi connectivity index (χ0v) is 22.6. The van der Waals surface area contributed by atoms with Crippen LogP contribution in [0.2, 0.25) is 0 Å². The summed E-state index contributed by atoms with van der Waals surface area (Å²) >= 11 is 0. The molecule has 3 aromatic rings. The Morgan fingerprint density at radius 1 is 1.00 bits per heavy atom. The highest BCUT2D eigenvalue weighted by Gasteiger charge is 2.36. The predicted molar refractivity (Wildman–Crippen MR) is 149 cm³/mol. The minimum absolute atomic E-state index is 0.0308. The van der Waals surface area contributed by atoms with Gasteiger partial charge in [0.2, 0.25) is 5.91 Å². The number of nitrogens with zero attached hydrogens (tertiary/aromatic N) is 1. The molecule has 1 unspecified atom stereocenters. The van der Waals surface area contributed by atoms with E-state index >= 15 is 4.39 Å². The van der Waals surface area contributed by atoms with E-state index in [1.807, 2.05) is 25.1 Å². The van der Waals surface area contributed by atoms with Gasteiger partial charge in [0.1, 0.15) is 11.5 Å². The second kappa shape index (κ2) is 13.0. The topological polar surface area (TPSA) is 106 Å². The summed E-state index contributed by atoms with van der Waals surface area (Å²) in [6, 6.07) is 17.3. The van der Waals surface area contributed by atoms with E-state index in [-0.39, 0.29) is 18.1 Å². The second-order valence-electron chi connectivity index (χ2n) is 9.39. The highest BCUT2D eigenvalue weighted by atomic mass is 19.1. The average molecular weight is 550 g/mol. The quantitative estimate of drug-likeness (QED) is 0.349. The summed E-state index contributed by atoms with van der Waals surface area (Å²) in [5.41, 5.74) is 3.05. The average Bonchev–Trinajstić information content (AvgIpc) is 3.46. The number of aryl methyl sites for hydroxylation is 1. The van der Waals surface area contributed by atoms with Crippen LogP contribution in [0, 0.1) is 6.92 Å². The molecule has 0 bridgehead atoms. The number of para-hydroxylation sites is 1. The van der Waals surface area contributed by atoms with Crippen molar-refractivity contribution in [3.05, 3.63) is 83.4 Å². The van der Waals surface area contributed by atoms with E-state index in [9.17, 15) is 14.4 Å². The molecule has 1 aliphatic rings. The molecule has 1 heterocycles. The Hall–Kier alpha value is -4.60. The van der Waals surface area contributed by atoms with E-state index in [0.717, 1.165) is 5.56 Å². The fourth-order valence-corrected chi connectivity index (χ4v) is 4.58. The number of ether oxygens (including phenoxy) is 3. The van der Waals surface area contributed by atoms with Gasteiger partial charge in [0.05, 0.1) is 37.9 Å². The number of halogens is 1. The third-order valence-electron chi connectivity index (χ3n) is 6.71. The number of benzene rings is 3. The zero-order chi connectivity index (χ0) is 28.6. The lowest BCUT2D eigenvalue weighted by molar-refractivity contribution is -0.135. The van der Waals surface area contributed by atoms with Crippen LogP contribution in [0.25, 0.3) is 0 Å². The van der Waals surface area contributed by atoms with Gasteiger partial charge in [-0.2, -0.15) is 4.39 Å². The van der Waals surface area contributed by atoms with Gasteiger partial charge in [0.15, 0.2) is 0 Å². The maximum absolute atomic E-state index is 15.2. The predicted octanol–water partition coefficient (Wildman–Crippen LogP) is 5.34. The van der Waals surface area contributed by atoms with Gasteiger partial charge in [-0.05, 0) is 73.4 Å². The number of methoxy groups -OCH3 is 2. The summed E-state index contributed by atoms with van der Waals surface area (Å²) in [5.74, 6) is -0.0965. The van der Waals surface area contributed by atoms with Crippen molar-refractivity contribution in [1.29, 1.82) is 0 Å². The minimum Gasteiger partial charge on any atom is -0.495 e. The molecule has 2 N–H and O–H groups in total. The fraction of sp³-hybridized carbons (Fsp3) is 0.300. The van der Waals surface area contributed by atoms with Gasteiger partial charge >= 0.3 is 12.0 Å². The molecule has 9 nitrogen and oxygen atoms in total. The number of anilines is 2. The minimum atomic E-state index is -1.73. The third kappa shape index (κ3) is 6.88. The Balaban J connectivity index is 1.37. The number of alkyl halides is 1. The van der Waals surface area contributed by atoms with Crippen molar-refractivity contribution >= 4 is 29.3 Å². The summed E-state index contributed by atoms with van der Waals surface area (Å²) < 4.78 is 30.7. The largest absolute Gasteiger partial charge is 0.495 e. The van der Waals surface area contributed by atoms with Crippen molar-refractivity contribution < 1.29 is 33.0 Å². The zero-order valence-electron chi connectivity index (χ0n) is 22.6. The van der Waals surface area contributed by atoms with E-state index < -0.39 is 24.4 Å². The lowest BCUT2D eigenvalue weighted by Crippen LogP contribution is -2.44. The van der Waals surface area contributed by atoms with Crippen molar-refractivity contribution in [1.82, 2.24) is 4.90 Å². The van der Waals surface area contributed by atoms with Crippen LogP contribution in [0.1, 0.15) is 34.3 Å². The number of hydrogen-bond donors (Lipinski definition) is 2. The molecule has 210 valence electrons. The summed E-state index contributed by atoms with van der Waals surface area (Å²) in [5, 5.41) is 5.57. The van der Waals surface area contributed by atoms with E-state index in [2.05, 4.69) is 15.4 Å². The molecule has 1 fully saturated rings. The molecule has 0 aromatic heterocycles. The maximum atomic E-state index is 15.2. The Labute approximate surface area is 232 Å². The smallest absolute Gasteiger partial charge is 0.337 e. The SMILES string of the molecule is COC(=O)c1ccc(OC(F)[C@@H]2CCCN2C(=O)Cc2ccc(NC(=O)Nc3ccccc3C)c(OC)c2)cc1. The Morgan fingerprint density at radius 2 is 1.73 bits per heavy atom. The van der Waals surface area contributed by atoms with Crippen molar-refractivity contribution in [2.45, 2.75) is 38.6 Å². The van der Waals surface area contributed by atoms with E-state index in [1.165, 1.54) is 43.4 Å². The second-order valence-corrected chi connectivity index (χ2v) is 9.39. The van der Waals surface area contributed by atoms with E-state index in [4.69, 9.17) is 9.47 Å². The number of likely N-dealkylation sites (tertiary alicyclic amines) is 1. The molecular formula is C30H32FN3O6. The number of carbonyl (C=O) groups excluding carboxylic acids is 3. The molecule has 0 radical (unpaired) electrons. The number of nitrogens with one attached hydrogen (secondary N) is 2. The molecule has 10 heteroatoms. The lowest BCUT2D eigenvalue weighted by atomic mass is 10.1. The van der Waals surface area contributed by atoms with Crippen LogP contribution in [0.3, 0.4) is 0 Å². The Morgan fingerprint density at radius 3 is 2.42 bits per heavy atom.